The number of aryl methyl sites for hydroxylation is 2. The van der Waals surface area contributed by atoms with Crippen molar-refractivity contribution in [3.8, 4) is 0 Å². The van der Waals surface area contributed by atoms with Crippen molar-refractivity contribution in [2.24, 2.45) is 7.05 Å². The number of rotatable bonds is 5. The van der Waals surface area contributed by atoms with Crippen LogP contribution in [-0.2, 0) is 24.0 Å². The highest BCUT2D eigenvalue weighted by atomic mass is 32.2. The Morgan fingerprint density at radius 3 is 2.69 bits per heavy atom. The number of carbonyl (C=O) groups is 1. The SMILES string of the molecule is CCc1cc(CSC(C)(C)C(=O)O)n(C)n1. The minimum atomic E-state index is -0.782. The third-order valence-electron chi connectivity index (χ3n) is 2.49. The molecule has 0 aliphatic heterocycles. The molecule has 1 heterocycles. The normalized spacial score (nSPS) is 11.8. The summed E-state index contributed by atoms with van der Waals surface area (Å²) in [6.07, 6.45) is 0.904. The average molecular weight is 242 g/mol. The summed E-state index contributed by atoms with van der Waals surface area (Å²) in [6.45, 7) is 5.49. The third kappa shape index (κ3) is 3.01. The van der Waals surface area contributed by atoms with Crippen molar-refractivity contribution >= 4 is 17.7 Å². The Balaban J connectivity index is 2.67. The predicted molar refractivity (Wildman–Crippen MR) is 65.6 cm³/mol. The van der Waals surface area contributed by atoms with Crippen LogP contribution in [0.5, 0.6) is 0 Å². The van der Waals surface area contributed by atoms with Crippen molar-refractivity contribution in [2.75, 3.05) is 0 Å². The van der Waals surface area contributed by atoms with E-state index in [-0.39, 0.29) is 0 Å². The molecule has 0 aromatic carbocycles. The van der Waals surface area contributed by atoms with Gasteiger partial charge in [-0.3, -0.25) is 9.48 Å². The first-order chi connectivity index (χ1) is 7.36. The van der Waals surface area contributed by atoms with Crippen LogP contribution in [0.3, 0.4) is 0 Å². The molecule has 1 aromatic heterocycles. The lowest BCUT2D eigenvalue weighted by molar-refractivity contribution is -0.138. The number of aromatic nitrogens is 2. The minimum absolute atomic E-state index is 0.669. The van der Waals surface area contributed by atoms with Gasteiger partial charge in [-0.05, 0) is 26.3 Å². The summed E-state index contributed by atoms with van der Waals surface area (Å²) in [7, 11) is 1.89. The van der Waals surface area contributed by atoms with E-state index in [9.17, 15) is 4.79 Å². The summed E-state index contributed by atoms with van der Waals surface area (Å²) in [5, 5.41) is 13.3. The molecule has 0 fully saturated rings. The van der Waals surface area contributed by atoms with Crippen LogP contribution in [0.15, 0.2) is 6.07 Å². The van der Waals surface area contributed by atoms with Gasteiger partial charge in [-0.1, -0.05) is 6.92 Å². The fourth-order valence-electron chi connectivity index (χ4n) is 1.20. The fraction of sp³-hybridized carbons (Fsp3) is 0.636. The first kappa shape index (κ1) is 13.1. The molecule has 0 spiro atoms. The highest BCUT2D eigenvalue weighted by Gasteiger charge is 2.27. The summed E-state index contributed by atoms with van der Waals surface area (Å²) in [5.74, 6) is -0.113. The van der Waals surface area contributed by atoms with E-state index in [4.69, 9.17) is 5.11 Å². The second-order valence-electron chi connectivity index (χ2n) is 4.21. The zero-order chi connectivity index (χ0) is 12.3. The van der Waals surface area contributed by atoms with Gasteiger partial charge in [-0.15, -0.1) is 11.8 Å². The van der Waals surface area contributed by atoms with Gasteiger partial charge in [0.1, 0.15) is 4.75 Å². The number of hydrogen-bond donors (Lipinski definition) is 1. The van der Waals surface area contributed by atoms with Crippen molar-refractivity contribution in [1.82, 2.24) is 9.78 Å². The Hall–Kier alpha value is -0.970. The van der Waals surface area contributed by atoms with E-state index in [1.165, 1.54) is 11.8 Å². The Bertz CT molecular complexity index is 385. The lowest BCUT2D eigenvalue weighted by Gasteiger charge is -2.18. The van der Waals surface area contributed by atoms with Crippen LogP contribution in [0.1, 0.15) is 32.2 Å². The second kappa shape index (κ2) is 4.91. The summed E-state index contributed by atoms with van der Waals surface area (Å²) < 4.78 is 1.07. The van der Waals surface area contributed by atoms with Gasteiger partial charge in [0.05, 0.1) is 5.69 Å². The van der Waals surface area contributed by atoms with Gasteiger partial charge in [0.25, 0.3) is 0 Å². The fourth-order valence-corrected chi connectivity index (χ4v) is 2.10. The third-order valence-corrected chi connectivity index (χ3v) is 3.82. The van der Waals surface area contributed by atoms with Crippen molar-refractivity contribution in [3.63, 3.8) is 0 Å². The van der Waals surface area contributed by atoms with Crippen LogP contribution in [-0.4, -0.2) is 25.6 Å². The van der Waals surface area contributed by atoms with Crippen molar-refractivity contribution in [1.29, 1.82) is 0 Å². The summed E-state index contributed by atoms with van der Waals surface area (Å²) in [6, 6.07) is 2.03. The highest BCUT2D eigenvalue weighted by Crippen LogP contribution is 2.28. The van der Waals surface area contributed by atoms with E-state index in [1.54, 1.807) is 13.8 Å². The lowest BCUT2D eigenvalue weighted by atomic mass is 10.2. The monoisotopic (exact) mass is 242 g/mol. The van der Waals surface area contributed by atoms with E-state index in [2.05, 4.69) is 12.0 Å². The van der Waals surface area contributed by atoms with Crippen molar-refractivity contribution < 1.29 is 9.90 Å². The molecule has 90 valence electrons. The molecule has 0 amide bonds. The van der Waals surface area contributed by atoms with Crippen LogP contribution in [0.4, 0.5) is 0 Å². The number of hydrogen-bond acceptors (Lipinski definition) is 3. The Morgan fingerprint density at radius 2 is 2.25 bits per heavy atom. The molecule has 0 bridgehead atoms. The zero-order valence-corrected chi connectivity index (χ0v) is 11.0. The molecule has 1 rings (SSSR count). The maximum Gasteiger partial charge on any atom is 0.319 e. The van der Waals surface area contributed by atoms with Gasteiger partial charge < -0.3 is 5.11 Å². The van der Waals surface area contributed by atoms with Gasteiger partial charge in [0.2, 0.25) is 0 Å². The van der Waals surface area contributed by atoms with E-state index in [1.807, 2.05) is 17.8 Å². The first-order valence-electron chi connectivity index (χ1n) is 5.26. The van der Waals surface area contributed by atoms with Gasteiger partial charge in [0.15, 0.2) is 0 Å². The number of thioether (sulfide) groups is 1. The molecule has 1 aromatic rings. The van der Waals surface area contributed by atoms with Crippen LogP contribution in [0.25, 0.3) is 0 Å². The number of aliphatic carboxylic acids is 1. The molecule has 0 radical (unpaired) electrons. The summed E-state index contributed by atoms with van der Waals surface area (Å²) >= 11 is 1.42. The quantitative estimate of drug-likeness (QED) is 0.859. The smallest absolute Gasteiger partial charge is 0.319 e. The maximum absolute atomic E-state index is 10.9. The number of carboxylic acids is 1. The lowest BCUT2D eigenvalue weighted by Crippen LogP contribution is -2.27. The van der Waals surface area contributed by atoms with Crippen LogP contribution >= 0.6 is 11.8 Å². The first-order valence-corrected chi connectivity index (χ1v) is 6.24. The largest absolute Gasteiger partial charge is 0.480 e. The van der Waals surface area contributed by atoms with Crippen molar-refractivity contribution in [2.45, 2.75) is 37.7 Å². The topological polar surface area (TPSA) is 55.1 Å². The number of carboxylic acid groups (broad SMARTS) is 1. The molecule has 16 heavy (non-hydrogen) atoms. The van der Waals surface area contributed by atoms with Crippen molar-refractivity contribution in [3.05, 3.63) is 17.5 Å². The zero-order valence-electron chi connectivity index (χ0n) is 10.1. The maximum atomic E-state index is 10.9. The number of nitrogens with zero attached hydrogens (tertiary/aromatic N) is 2. The molecule has 0 saturated carbocycles. The molecule has 1 N–H and O–H groups in total. The molecule has 0 unspecified atom stereocenters. The van der Waals surface area contributed by atoms with E-state index < -0.39 is 10.7 Å². The Labute approximate surface area is 100 Å². The Kier molecular flexibility index (Phi) is 4.02. The molecule has 0 aliphatic rings. The standard InChI is InChI=1S/C11H18N2O2S/c1-5-8-6-9(13(4)12-8)7-16-11(2,3)10(14)15/h6H,5,7H2,1-4H3,(H,14,15). The van der Waals surface area contributed by atoms with Gasteiger partial charge in [-0.25, -0.2) is 0 Å². The molecular weight excluding hydrogens is 224 g/mol. The highest BCUT2D eigenvalue weighted by molar-refractivity contribution is 8.00. The molecular formula is C11H18N2O2S. The van der Waals surface area contributed by atoms with Gasteiger partial charge >= 0.3 is 5.97 Å². The van der Waals surface area contributed by atoms with Gasteiger partial charge in [-0.2, -0.15) is 5.10 Å². The predicted octanol–water partition coefficient (Wildman–Crippen LogP) is 2.08. The van der Waals surface area contributed by atoms with E-state index >= 15 is 0 Å². The van der Waals surface area contributed by atoms with Crippen LogP contribution in [0, 0.1) is 0 Å². The van der Waals surface area contributed by atoms with Crippen LogP contribution < -0.4 is 0 Å². The van der Waals surface area contributed by atoms with E-state index in [0.29, 0.717) is 5.75 Å². The molecule has 0 atom stereocenters. The van der Waals surface area contributed by atoms with Crippen LogP contribution in [0.2, 0.25) is 0 Å². The second-order valence-corrected chi connectivity index (χ2v) is 5.81. The Morgan fingerprint density at radius 1 is 1.62 bits per heavy atom. The average Bonchev–Trinajstić information content (AvgIpc) is 2.56. The molecule has 4 nitrogen and oxygen atoms in total. The molecule has 0 aliphatic carbocycles. The summed E-state index contributed by atoms with van der Waals surface area (Å²) in [4.78, 5) is 10.9. The van der Waals surface area contributed by atoms with E-state index in [0.717, 1.165) is 17.8 Å². The minimum Gasteiger partial charge on any atom is -0.480 e. The van der Waals surface area contributed by atoms with Gasteiger partial charge in [0, 0.05) is 18.5 Å². The summed E-state index contributed by atoms with van der Waals surface area (Å²) in [5.41, 5.74) is 2.11. The molecule has 5 heteroatoms. The molecule has 0 saturated heterocycles.